The molecule has 0 fully saturated rings. The number of carbonyl (C=O) groups excluding carboxylic acids is 1. The number of pyridine rings is 2. The first-order chi connectivity index (χ1) is 18.4. The summed E-state index contributed by atoms with van der Waals surface area (Å²) in [6.07, 6.45) is 9.80. The molecular weight excluding hydrogens is 498 g/mol. The Balaban J connectivity index is 1.52. The van der Waals surface area contributed by atoms with Crippen LogP contribution in [0.2, 0.25) is 5.02 Å². The van der Waals surface area contributed by atoms with E-state index in [1.165, 1.54) is 5.57 Å². The highest BCUT2D eigenvalue weighted by atomic mass is 35.5. The quantitative estimate of drug-likeness (QED) is 0.424. The van der Waals surface area contributed by atoms with E-state index in [0.29, 0.717) is 30.1 Å². The molecular formula is C29H32ClN7O. The molecule has 38 heavy (non-hydrogen) atoms. The first-order valence-electron chi connectivity index (χ1n) is 13.0. The zero-order valence-electron chi connectivity index (χ0n) is 22.1. The average Bonchev–Trinajstić information content (AvgIpc) is 3.57. The Bertz CT molecular complexity index is 1490. The molecule has 0 radical (unpaired) electrons. The first-order valence-corrected chi connectivity index (χ1v) is 13.4. The molecule has 0 spiro atoms. The van der Waals surface area contributed by atoms with Gasteiger partial charge in [0.2, 0.25) is 0 Å². The van der Waals surface area contributed by atoms with Gasteiger partial charge in [-0.05, 0) is 68.8 Å². The Morgan fingerprint density at radius 1 is 1.24 bits per heavy atom. The Morgan fingerprint density at radius 2 is 2.08 bits per heavy atom. The smallest absolute Gasteiger partial charge is 0.271 e. The highest BCUT2D eigenvalue weighted by Gasteiger charge is 2.40. The lowest BCUT2D eigenvalue weighted by molar-refractivity contribution is -0.126. The molecule has 2 aliphatic rings. The highest BCUT2D eigenvalue weighted by molar-refractivity contribution is 6.45. The molecule has 0 aromatic carbocycles. The topological polar surface area (TPSA) is 87.2 Å². The molecule has 3 aromatic rings. The molecule has 0 saturated carbocycles. The molecule has 1 N–H and O–H groups in total. The minimum Gasteiger partial charge on any atom is -0.365 e. The van der Waals surface area contributed by atoms with Crippen LogP contribution >= 0.6 is 11.6 Å². The van der Waals surface area contributed by atoms with E-state index >= 15 is 0 Å². The van der Waals surface area contributed by atoms with Crippen molar-refractivity contribution in [3.8, 4) is 0 Å². The summed E-state index contributed by atoms with van der Waals surface area (Å²) in [5, 5.41) is 17.8. The number of halogens is 1. The third-order valence-electron chi connectivity index (χ3n) is 7.37. The summed E-state index contributed by atoms with van der Waals surface area (Å²) in [7, 11) is 0. The zero-order chi connectivity index (χ0) is 26.8. The van der Waals surface area contributed by atoms with Gasteiger partial charge in [-0.3, -0.25) is 9.78 Å². The van der Waals surface area contributed by atoms with Gasteiger partial charge >= 0.3 is 0 Å². The molecule has 8 nitrogen and oxygen atoms in total. The summed E-state index contributed by atoms with van der Waals surface area (Å²) in [6.45, 7) is 8.89. The Hall–Kier alpha value is -3.78. The van der Waals surface area contributed by atoms with Crippen molar-refractivity contribution < 1.29 is 4.79 Å². The fraction of sp³-hybridized carbons (Fsp3) is 0.345. The molecule has 2 atom stereocenters. The molecule has 0 bridgehead atoms. The maximum absolute atomic E-state index is 14.2. The SMILES string of the molecule is CCC(C)=CNC1=C(C)C(c2cc3c(Cl)cccn3n2)N(C(=O)C2=NN=C(c3cccnc3)C2CC)CC1. The summed E-state index contributed by atoms with van der Waals surface area (Å²) in [6, 6.07) is 9.14. The number of hydrogen-bond acceptors (Lipinski definition) is 6. The van der Waals surface area contributed by atoms with Crippen molar-refractivity contribution in [2.24, 2.45) is 16.1 Å². The van der Waals surface area contributed by atoms with Crippen LogP contribution in [0.4, 0.5) is 0 Å². The van der Waals surface area contributed by atoms with Gasteiger partial charge in [0, 0.05) is 42.8 Å². The van der Waals surface area contributed by atoms with Gasteiger partial charge in [-0.25, -0.2) is 4.52 Å². The Kier molecular flexibility index (Phi) is 7.42. The number of aromatic nitrogens is 3. The van der Waals surface area contributed by atoms with Gasteiger partial charge < -0.3 is 10.2 Å². The largest absolute Gasteiger partial charge is 0.365 e. The third kappa shape index (κ3) is 4.76. The van der Waals surface area contributed by atoms with Gasteiger partial charge in [-0.1, -0.05) is 31.0 Å². The number of nitrogens with one attached hydrogen (secondary N) is 1. The van der Waals surface area contributed by atoms with E-state index in [1.54, 1.807) is 16.9 Å². The average molecular weight is 530 g/mol. The Labute approximate surface area is 227 Å². The van der Waals surface area contributed by atoms with Crippen LogP contribution in [0.25, 0.3) is 5.52 Å². The Morgan fingerprint density at radius 3 is 2.79 bits per heavy atom. The van der Waals surface area contributed by atoms with Gasteiger partial charge in [-0.2, -0.15) is 10.2 Å². The lowest BCUT2D eigenvalue weighted by Crippen LogP contribution is -2.46. The van der Waals surface area contributed by atoms with Crippen molar-refractivity contribution in [2.45, 2.75) is 53.0 Å². The normalized spacial score (nSPS) is 20.1. The van der Waals surface area contributed by atoms with Crippen molar-refractivity contribution >= 4 is 34.4 Å². The van der Waals surface area contributed by atoms with Gasteiger partial charge in [0.15, 0.2) is 0 Å². The summed E-state index contributed by atoms with van der Waals surface area (Å²) >= 11 is 6.48. The molecule has 3 aromatic heterocycles. The first kappa shape index (κ1) is 25.9. The molecule has 1 amide bonds. The maximum Gasteiger partial charge on any atom is 0.271 e. The number of amides is 1. The predicted octanol–water partition coefficient (Wildman–Crippen LogP) is 5.72. The van der Waals surface area contributed by atoms with E-state index in [1.807, 2.05) is 41.4 Å². The van der Waals surface area contributed by atoms with Crippen LogP contribution in [0.15, 0.2) is 82.2 Å². The molecule has 5 heterocycles. The summed E-state index contributed by atoms with van der Waals surface area (Å²) in [4.78, 5) is 20.3. The van der Waals surface area contributed by atoms with E-state index in [0.717, 1.165) is 40.2 Å². The van der Waals surface area contributed by atoms with Crippen molar-refractivity contribution in [3.05, 3.63) is 88.2 Å². The summed E-state index contributed by atoms with van der Waals surface area (Å²) < 4.78 is 1.77. The summed E-state index contributed by atoms with van der Waals surface area (Å²) in [5.74, 6) is -0.312. The second-order valence-electron chi connectivity index (χ2n) is 9.73. The fourth-order valence-corrected chi connectivity index (χ4v) is 5.28. The van der Waals surface area contributed by atoms with Crippen molar-refractivity contribution in [1.82, 2.24) is 24.8 Å². The van der Waals surface area contributed by atoms with Gasteiger partial charge in [0.25, 0.3) is 5.91 Å². The van der Waals surface area contributed by atoms with E-state index in [9.17, 15) is 4.79 Å². The van der Waals surface area contributed by atoms with Crippen LogP contribution in [-0.2, 0) is 4.79 Å². The number of hydrogen-bond donors (Lipinski definition) is 1. The molecule has 0 saturated heterocycles. The second kappa shape index (κ2) is 10.9. The zero-order valence-corrected chi connectivity index (χ0v) is 22.9. The molecule has 9 heteroatoms. The number of rotatable bonds is 7. The van der Waals surface area contributed by atoms with Crippen LogP contribution in [-0.4, -0.2) is 43.4 Å². The lowest BCUT2D eigenvalue weighted by Gasteiger charge is -2.37. The number of fused-ring (bicyclic) bond motifs is 1. The van der Waals surface area contributed by atoms with Crippen molar-refractivity contribution in [3.63, 3.8) is 0 Å². The van der Waals surface area contributed by atoms with Gasteiger partial charge in [0.05, 0.1) is 33.9 Å². The molecule has 196 valence electrons. The van der Waals surface area contributed by atoms with Crippen LogP contribution in [0.1, 0.15) is 64.3 Å². The van der Waals surface area contributed by atoms with E-state index in [2.05, 4.69) is 54.4 Å². The van der Waals surface area contributed by atoms with Crippen molar-refractivity contribution in [1.29, 1.82) is 0 Å². The third-order valence-corrected chi connectivity index (χ3v) is 7.69. The van der Waals surface area contributed by atoms with Gasteiger partial charge in [-0.15, -0.1) is 5.10 Å². The second-order valence-corrected chi connectivity index (χ2v) is 10.1. The standard InChI is InChI=1S/C29H32ClN7O/c1-5-18(3)16-32-23-11-14-36(28(19(23)4)24-15-25-22(30)10-8-13-37(25)35-24)29(38)27-21(6-2)26(33-34-27)20-9-7-12-31-17-20/h7-10,12-13,15-17,21,28,32H,5-6,11,14H2,1-4H3. The number of allylic oxidation sites excluding steroid dienone is 1. The molecule has 5 rings (SSSR count). The number of nitrogens with zero attached hydrogens (tertiary/aromatic N) is 6. The highest BCUT2D eigenvalue weighted by Crippen LogP contribution is 2.37. The van der Waals surface area contributed by atoms with E-state index < -0.39 is 0 Å². The minimum absolute atomic E-state index is 0.119. The van der Waals surface area contributed by atoms with E-state index in [-0.39, 0.29) is 17.9 Å². The van der Waals surface area contributed by atoms with E-state index in [4.69, 9.17) is 16.7 Å². The van der Waals surface area contributed by atoms with Crippen molar-refractivity contribution in [2.75, 3.05) is 6.54 Å². The van der Waals surface area contributed by atoms with Crippen LogP contribution < -0.4 is 5.32 Å². The monoisotopic (exact) mass is 529 g/mol. The summed E-state index contributed by atoms with van der Waals surface area (Å²) in [5.41, 5.74) is 7.10. The molecule has 0 aliphatic carbocycles. The fourth-order valence-electron chi connectivity index (χ4n) is 5.06. The molecule has 2 aliphatic heterocycles. The minimum atomic E-state index is -0.368. The van der Waals surface area contributed by atoms with Crippen LogP contribution in [0.3, 0.4) is 0 Å². The van der Waals surface area contributed by atoms with Crippen LogP contribution in [0.5, 0.6) is 0 Å². The van der Waals surface area contributed by atoms with Gasteiger partial charge in [0.1, 0.15) is 5.71 Å². The lowest BCUT2D eigenvalue weighted by atomic mass is 9.89. The molecule has 2 unspecified atom stereocenters. The van der Waals surface area contributed by atoms with Crippen LogP contribution in [0, 0.1) is 5.92 Å². The number of carbonyl (C=O) groups is 1. The maximum atomic E-state index is 14.2. The predicted molar refractivity (Wildman–Crippen MR) is 151 cm³/mol.